The minimum Gasteiger partial charge on any atom is -0.356 e. The molecular formula is C37H37N. The van der Waals surface area contributed by atoms with Gasteiger partial charge in [-0.2, -0.15) is 0 Å². The second-order valence-corrected chi connectivity index (χ2v) is 13.4. The number of benzene rings is 4. The van der Waals surface area contributed by atoms with Gasteiger partial charge in [-0.1, -0.05) is 80.6 Å². The van der Waals surface area contributed by atoms with E-state index in [4.69, 9.17) is 0 Å². The van der Waals surface area contributed by atoms with Gasteiger partial charge < -0.3 is 5.32 Å². The lowest BCUT2D eigenvalue weighted by Crippen LogP contribution is -2.48. The Balaban J connectivity index is 1.01. The molecule has 4 saturated carbocycles. The molecule has 0 atom stereocenters. The number of anilines is 2. The minimum atomic E-state index is 0.0529. The van der Waals surface area contributed by atoms with E-state index in [1.165, 1.54) is 71.9 Å². The maximum atomic E-state index is 3.65. The second-order valence-electron chi connectivity index (χ2n) is 13.4. The Bertz CT molecular complexity index is 1490. The summed E-state index contributed by atoms with van der Waals surface area (Å²) >= 11 is 0. The summed E-state index contributed by atoms with van der Waals surface area (Å²) < 4.78 is 0. The van der Waals surface area contributed by atoms with Gasteiger partial charge in [0.1, 0.15) is 0 Å². The number of fused-ring (bicyclic) bond motifs is 3. The highest BCUT2D eigenvalue weighted by Gasteiger charge is 2.51. The van der Waals surface area contributed by atoms with E-state index in [0.717, 1.165) is 29.1 Å². The van der Waals surface area contributed by atoms with Crippen molar-refractivity contribution in [3.05, 3.63) is 108 Å². The van der Waals surface area contributed by atoms with Crippen molar-refractivity contribution < 1.29 is 0 Å². The Morgan fingerprint density at radius 1 is 0.579 bits per heavy atom. The Labute approximate surface area is 227 Å². The number of nitrogens with one attached hydrogen (secondary N) is 1. The predicted molar refractivity (Wildman–Crippen MR) is 159 cm³/mol. The summed E-state index contributed by atoms with van der Waals surface area (Å²) in [4.78, 5) is 0. The SMILES string of the molecule is CC1(C)c2ccccc2-c2cc(Nc3ccc(-c4ccc(C56CC7CC(CC(C7)C5)C6)cc4)cc3)ccc21. The highest BCUT2D eigenvalue weighted by Crippen LogP contribution is 2.60. The average molecular weight is 496 g/mol. The van der Waals surface area contributed by atoms with Gasteiger partial charge in [0.15, 0.2) is 0 Å². The predicted octanol–water partition coefficient (Wildman–Crippen LogP) is 9.87. The van der Waals surface area contributed by atoms with Crippen LogP contribution < -0.4 is 5.32 Å². The van der Waals surface area contributed by atoms with E-state index in [1.807, 2.05) is 0 Å². The first kappa shape index (κ1) is 22.6. The molecule has 0 radical (unpaired) electrons. The summed E-state index contributed by atoms with van der Waals surface area (Å²) in [5.74, 6) is 2.98. The fraction of sp³-hybridized carbons (Fsp3) is 0.351. The summed E-state index contributed by atoms with van der Waals surface area (Å²) in [5.41, 5.74) is 12.6. The molecule has 4 aromatic rings. The normalized spacial score (nSPS) is 27.7. The molecule has 9 rings (SSSR count). The van der Waals surface area contributed by atoms with Crippen molar-refractivity contribution >= 4 is 11.4 Å². The highest BCUT2D eigenvalue weighted by atomic mass is 14.9. The van der Waals surface area contributed by atoms with E-state index < -0.39 is 0 Å². The van der Waals surface area contributed by atoms with Crippen LogP contribution in [0.5, 0.6) is 0 Å². The molecule has 5 aliphatic rings. The van der Waals surface area contributed by atoms with Crippen LogP contribution in [-0.4, -0.2) is 0 Å². The van der Waals surface area contributed by atoms with Gasteiger partial charge >= 0.3 is 0 Å². The average Bonchev–Trinajstić information content (AvgIpc) is 3.15. The fourth-order valence-corrected chi connectivity index (χ4v) is 9.19. The fourth-order valence-electron chi connectivity index (χ4n) is 9.19. The van der Waals surface area contributed by atoms with Gasteiger partial charge in [-0.3, -0.25) is 0 Å². The van der Waals surface area contributed by atoms with Crippen LogP contribution in [0.2, 0.25) is 0 Å². The van der Waals surface area contributed by atoms with Gasteiger partial charge in [0.2, 0.25) is 0 Å². The molecule has 0 heterocycles. The summed E-state index contributed by atoms with van der Waals surface area (Å²) in [6.07, 6.45) is 8.83. The molecule has 38 heavy (non-hydrogen) atoms. The van der Waals surface area contributed by atoms with Gasteiger partial charge in [0, 0.05) is 16.8 Å². The Morgan fingerprint density at radius 2 is 1.13 bits per heavy atom. The molecule has 0 aromatic heterocycles. The van der Waals surface area contributed by atoms with Gasteiger partial charge in [0.05, 0.1) is 0 Å². The summed E-state index contributed by atoms with van der Waals surface area (Å²) in [6.45, 7) is 4.67. The van der Waals surface area contributed by atoms with Crippen LogP contribution in [0.3, 0.4) is 0 Å². The number of rotatable bonds is 4. The summed E-state index contributed by atoms with van der Waals surface area (Å²) in [6, 6.07) is 34.3. The van der Waals surface area contributed by atoms with Crippen molar-refractivity contribution in [2.45, 2.75) is 63.2 Å². The first-order chi connectivity index (χ1) is 18.5. The molecule has 1 N–H and O–H groups in total. The topological polar surface area (TPSA) is 12.0 Å². The first-order valence-electron chi connectivity index (χ1n) is 14.7. The first-order valence-corrected chi connectivity index (χ1v) is 14.7. The number of hydrogen-bond acceptors (Lipinski definition) is 1. The van der Waals surface area contributed by atoms with Crippen LogP contribution in [0, 0.1) is 17.8 Å². The largest absolute Gasteiger partial charge is 0.356 e. The van der Waals surface area contributed by atoms with E-state index in [0.29, 0.717) is 5.41 Å². The summed E-state index contributed by atoms with van der Waals surface area (Å²) in [7, 11) is 0. The molecule has 1 nitrogen and oxygen atoms in total. The van der Waals surface area contributed by atoms with Crippen molar-refractivity contribution in [3.63, 3.8) is 0 Å². The number of hydrogen-bond donors (Lipinski definition) is 1. The third kappa shape index (κ3) is 3.44. The lowest BCUT2D eigenvalue weighted by Gasteiger charge is -2.57. The van der Waals surface area contributed by atoms with Gasteiger partial charge in [-0.25, -0.2) is 0 Å². The monoisotopic (exact) mass is 495 g/mol. The molecule has 0 saturated heterocycles. The lowest BCUT2D eigenvalue weighted by atomic mass is 9.48. The quantitative estimate of drug-likeness (QED) is 0.297. The zero-order valence-electron chi connectivity index (χ0n) is 22.6. The van der Waals surface area contributed by atoms with Crippen molar-refractivity contribution in [1.29, 1.82) is 0 Å². The van der Waals surface area contributed by atoms with Crippen molar-refractivity contribution in [3.8, 4) is 22.3 Å². The molecule has 0 amide bonds. The summed E-state index contributed by atoms with van der Waals surface area (Å²) in [5, 5.41) is 3.65. The molecule has 1 heteroatoms. The molecule has 5 aliphatic carbocycles. The van der Waals surface area contributed by atoms with E-state index >= 15 is 0 Å². The van der Waals surface area contributed by atoms with Crippen LogP contribution in [0.1, 0.15) is 69.1 Å². The van der Waals surface area contributed by atoms with Crippen LogP contribution >= 0.6 is 0 Å². The molecule has 0 unspecified atom stereocenters. The molecule has 4 fully saturated rings. The standard InChI is InChI=1S/C37H37N/c1-36(2)34-6-4-3-5-32(34)33-20-31(15-16-35(33)36)38-30-13-9-28(10-14-30)27-7-11-29(12-8-27)37-21-24-17-25(22-37)19-26(18-24)23-37/h3-16,20,24-26,38H,17-19,21-23H2,1-2H3. The highest BCUT2D eigenvalue weighted by molar-refractivity contribution is 5.83. The van der Waals surface area contributed by atoms with Crippen molar-refractivity contribution in [2.75, 3.05) is 5.32 Å². The zero-order valence-corrected chi connectivity index (χ0v) is 22.6. The smallest absolute Gasteiger partial charge is 0.0390 e. The minimum absolute atomic E-state index is 0.0529. The lowest BCUT2D eigenvalue weighted by molar-refractivity contribution is -0.00518. The van der Waals surface area contributed by atoms with E-state index in [2.05, 4.69) is 110 Å². The van der Waals surface area contributed by atoms with Crippen LogP contribution in [0.4, 0.5) is 11.4 Å². The van der Waals surface area contributed by atoms with Crippen molar-refractivity contribution in [1.82, 2.24) is 0 Å². The van der Waals surface area contributed by atoms with E-state index in [9.17, 15) is 0 Å². The van der Waals surface area contributed by atoms with Gasteiger partial charge in [-0.15, -0.1) is 0 Å². The molecule has 0 spiro atoms. The van der Waals surface area contributed by atoms with Crippen molar-refractivity contribution in [2.24, 2.45) is 17.8 Å². The molecular weight excluding hydrogens is 458 g/mol. The van der Waals surface area contributed by atoms with Crippen LogP contribution in [-0.2, 0) is 10.8 Å². The molecule has 190 valence electrons. The molecule has 4 bridgehead atoms. The van der Waals surface area contributed by atoms with Crippen LogP contribution in [0.25, 0.3) is 22.3 Å². The maximum absolute atomic E-state index is 3.65. The van der Waals surface area contributed by atoms with E-state index in [-0.39, 0.29) is 5.41 Å². The Kier molecular flexibility index (Phi) is 4.82. The Hall–Kier alpha value is -3.32. The molecule has 4 aromatic carbocycles. The van der Waals surface area contributed by atoms with Gasteiger partial charge in [0.25, 0.3) is 0 Å². The van der Waals surface area contributed by atoms with E-state index in [1.54, 1.807) is 5.56 Å². The molecule has 0 aliphatic heterocycles. The zero-order chi connectivity index (χ0) is 25.5. The van der Waals surface area contributed by atoms with Gasteiger partial charge in [-0.05, 0) is 125 Å². The Morgan fingerprint density at radius 3 is 1.79 bits per heavy atom. The third-order valence-electron chi connectivity index (χ3n) is 10.6. The maximum Gasteiger partial charge on any atom is 0.0390 e. The second kappa shape index (κ2) is 8.09. The third-order valence-corrected chi connectivity index (χ3v) is 10.6. The van der Waals surface area contributed by atoms with Crippen LogP contribution in [0.15, 0.2) is 91.0 Å².